The number of nitrogens with one attached hydrogen (secondary N) is 1. The van der Waals surface area contributed by atoms with E-state index in [-0.39, 0.29) is 11.3 Å². The number of carbonyl (C=O) groups excluding carboxylic acids is 1. The van der Waals surface area contributed by atoms with Gasteiger partial charge in [0.25, 0.3) is 0 Å². The molecule has 1 atom stereocenters. The number of carbonyl (C=O) groups is 2. The molecule has 1 amide bonds. The third-order valence-electron chi connectivity index (χ3n) is 2.69. The molecule has 0 aromatic heterocycles. The normalized spacial score (nSPS) is 12.9. The van der Waals surface area contributed by atoms with Crippen LogP contribution in [-0.4, -0.2) is 23.0 Å². The summed E-state index contributed by atoms with van der Waals surface area (Å²) in [5.74, 6) is -2.47. The van der Waals surface area contributed by atoms with Crippen molar-refractivity contribution in [3.8, 4) is 0 Å². The Balaban J connectivity index is 2.96. The maximum absolute atomic E-state index is 13.5. The molecule has 0 aliphatic heterocycles. The van der Waals surface area contributed by atoms with Gasteiger partial charge in [-0.2, -0.15) is 0 Å². The van der Waals surface area contributed by atoms with Crippen LogP contribution in [-0.2, 0) is 4.79 Å². The van der Waals surface area contributed by atoms with E-state index in [2.05, 4.69) is 5.32 Å². The van der Waals surface area contributed by atoms with Crippen molar-refractivity contribution >= 4 is 17.6 Å². The fourth-order valence-electron chi connectivity index (χ4n) is 1.36. The molecule has 1 unspecified atom stereocenters. The van der Waals surface area contributed by atoms with Crippen LogP contribution < -0.4 is 11.1 Å². The summed E-state index contributed by atoms with van der Waals surface area (Å²) in [6.45, 7) is 5.34. The van der Waals surface area contributed by atoms with Gasteiger partial charge in [-0.25, -0.2) is 9.18 Å². The molecule has 1 rings (SSSR count). The molecule has 104 valence electrons. The SMILES string of the molecule is CC(C)(C)C(N)C(=O)Nc1cc(C(=O)O)ccc1F. The van der Waals surface area contributed by atoms with E-state index in [1.165, 1.54) is 0 Å². The van der Waals surface area contributed by atoms with Crippen molar-refractivity contribution in [2.24, 2.45) is 11.1 Å². The number of benzene rings is 1. The smallest absolute Gasteiger partial charge is 0.335 e. The molecule has 0 saturated carbocycles. The average molecular weight is 268 g/mol. The van der Waals surface area contributed by atoms with Crippen LogP contribution in [0.5, 0.6) is 0 Å². The van der Waals surface area contributed by atoms with Gasteiger partial charge in [-0.3, -0.25) is 4.79 Å². The number of aromatic carboxylic acids is 1. The first kappa shape index (κ1) is 15.1. The van der Waals surface area contributed by atoms with E-state index in [1.54, 1.807) is 20.8 Å². The highest BCUT2D eigenvalue weighted by atomic mass is 19.1. The second-order valence-electron chi connectivity index (χ2n) is 5.33. The zero-order valence-corrected chi connectivity index (χ0v) is 11.0. The molecule has 0 aliphatic rings. The van der Waals surface area contributed by atoms with E-state index >= 15 is 0 Å². The van der Waals surface area contributed by atoms with Crippen molar-refractivity contribution in [1.29, 1.82) is 0 Å². The summed E-state index contributed by atoms with van der Waals surface area (Å²) >= 11 is 0. The fraction of sp³-hybridized carbons (Fsp3) is 0.385. The van der Waals surface area contributed by atoms with Gasteiger partial charge in [0.15, 0.2) is 0 Å². The average Bonchev–Trinajstić information content (AvgIpc) is 2.29. The number of carboxylic acids is 1. The van der Waals surface area contributed by atoms with Gasteiger partial charge in [0.1, 0.15) is 5.82 Å². The van der Waals surface area contributed by atoms with Crippen molar-refractivity contribution in [3.63, 3.8) is 0 Å². The molecular weight excluding hydrogens is 251 g/mol. The van der Waals surface area contributed by atoms with E-state index in [9.17, 15) is 14.0 Å². The lowest BCUT2D eigenvalue weighted by atomic mass is 9.87. The zero-order valence-electron chi connectivity index (χ0n) is 11.0. The molecule has 19 heavy (non-hydrogen) atoms. The highest BCUT2D eigenvalue weighted by Gasteiger charge is 2.28. The molecule has 5 nitrogen and oxygen atoms in total. The number of hydrogen-bond donors (Lipinski definition) is 3. The van der Waals surface area contributed by atoms with Crippen LogP contribution >= 0.6 is 0 Å². The van der Waals surface area contributed by atoms with Crippen LogP contribution in [0.1, 0.15) is 31.1 Å². The first-order valence-electron chi connectivity index (χ1n) is 5.72. The first-order valence-corrected chi connectivity index (χ1v) is 5.72. The van der Waals surface area contributed by atoms with Gasteiger partial charge < -0.3 is 16.2 Å². The Morgan fingerprint density at radius 2 is 1.95 bits per heavy atom. The Hall–Kier alpha value is -1.95. The molecule has 0 aliphatic carbocycles. The summed E-state index contributed by atoms with van der Waals surface area (Å²) in [6.07, 6.45) is 0. The van der Waals surface area contributed by atoms with E-state index < -0.39 is 29.2 Å². The zero-order chi connectivity index (χ0) is 14.8. The van der Waals surface area contributed by atoms with Crippen LogP contribution in [0.3, 0.4) is 0 Å². The molecule has 1 aromatic carbocycles. The molecule has 0 heterocycles. The summed E-state index contributed by atoms with van der Waals surface area (Å²) in [5.41, 5.74) is 4.96. The molecule has 4 N–H and O–H groups in total. The number of hydrogen-bond acceptors (Lipinski definition) is 3. The highest BCUT2D eigenvalue weighted by Crippen LogP contribution is 2.21. The van der Waals surface area contributed by atoms with Crippen molar-refractivity contribution in [2.45, 2.75) is 26.8 Å². The first-order chi connectivity index (χ1) is 8.62. The van der Waals surface area contributed by atoms with Gasteiger partial charge in [0.2, 0.25) is 5.91 Å². The number of halogens is 1. The Morgan fingerprint density at radius 1 is 1.37 bits per heavy atom. The standard InChI is InChI=1S/C13H17FN2O3/c1-13(2,3)10(15)11(17)16-9-6-7(12(18)19)4-5-8(9)14/h4-6,10H,15H2,1-3H3,(H,16,17)(H,18,19). The molecule has 0 fully saturated rings. The number of nitrogens with two attached hydrogens (primary N) is 1. The Morgan fingerprint density at radius 3 is 2.42 bits per heavy atom. The molecule has 6 heteroatoms. The molecule has 0 radical (unpaired) electrons. The van der Waals surface area contributed by atoms with Crippen LogP contribution in [0.2, 0.25) is 0 Å². The molecule has 0 saturated heterocycles. The Bertz CT molecular complexity index is 509. The third kappa shape index (κ3) is 3.75. The molecular formula is C13H17FN2O3. The second-order valence-corrected chi connectivity index (χ2v) is 5.33. The maximum atomic E-state index is 13.5. The van der Waals surface area contributed by atoms with E-state index in [4.69, 9.17) is 10.8 Å². The van der Waals surface area contributed by atoms with E-state index in [1.807, 2.05) is 0 Å². The number of carboxylic acid groups (broad SMARTS) is 1. The van der Waals surface area contributed by atoms with Gasteiger partial charge in [0.05, 0.1) is 17.3 Å². The minimum absolute atomic E-state index is 0.110. The van der Waals surface area contributed by atoms with Crippen molar-refractivity contribution < 1.29 is 19.1 Å². The maximum Gasteiger partial charge on any atom is 0.335 e. The van der Waals surface area contributed by atoms with Gasteiger partial charge in [-0.05, 0) is 23.6 Å². The summed E-state index contributed by atoms with van der Waals surface area (Å²) in [5, 5.41) is 11.1. The highest BCUT2D eigenvalue weighted by molar-refractivity contribution is 5.97. The lowest BCUT2D eigenvalue weighted by Gasteiger charge is -2.25. The Kier molecular flexibility index (Phi) is 4.26. The third-order valence-corrected chi connectivity index (χ3v) is 2.69. The lowest BCUT2D eigenvalue weighted by Crippen LogP contribution is -2.45. The van der Waals surface area contributed by atoms with Crippen LogP contribution in [0.25, 0.3) is 0 Å². The summed E-state index contributed by atoms with van der Waals surface area (Å²) in [4.78, 5) is 22.6. The van der Waals surface area contributed by atoms with Crippen LogP contribution in [0.4, 0.5) is 10.1 Å². The van der Waals surface area contributed by atoms with Gasteiger partial charge in [-0.15, -0.1) is 0 Å². The predicted molar refractivity (Wildman–Crippen MR) is 69.4 cm³/mol. The van der Waals surface area contributed by atoms with E-state index in [0.717, 1.165) is 18.2 Å². The fourth-order valence-corrected chi connectivity index (χ4v) is 1.36. The minimum Gasteiger partial charge on any atom is -0.478 e. The van der Waals surface area contributed by atoms with Crippen LogP contribution in [0.15, 0.2) is 18.2 Å². The number of anilines is 1. The van der Waals surface area contributed by atoms with Crippen molar-refractivity contribution in [3.05, 3.63) is 29.6 Å². The molecule has 1 aromatic rings. The number of rotatable bonds is 3. The van der Waals surface area contributed by atoms with Crippen molar-refractivity contribution in [1.82, 2.24) is 0 Å². The molecule has 0 bridgehead atoms. The van der Waals surface area contributed by atoms with Crippen molar-refractivity contribution in [2.75, 3.05) is 5.32 Å². The summed E-state index contributed by atoms with van der Waals surface area (Å²) in [6, 6.07) is 2.34. The Labute approximate surface area is 110 Å². The molecule has 0 spiro atoms. The number of amides is 1. The van der Waals surface area contributed by atoms with Gasteiger partial charge in [-0.1, -0.05) is 20.8 Å². The lowest BCUT2D eigenvalue weighted by molar-refractivity contribution is -0.119. The second kappa shape index (κ2) is 5.36. The quantitative estimate of drug-likeness (QED) is 0.779. The monoisotopic (exact) mass is 268 g/mol. The van der Waals surface area contributed by atoms with E-state index in [0.29, 0.717) is 0 Å². The van der Waals surface area contributed by atoms with Gasteiger partial charge in [0, 0.05) is 0 Å². The summed E-state index contributed by atoms with van der Waals surface area (Å²) < 4.78 is 13.5. The topological polar surface area (TPSA) is 92.4 Å². The van der Waals surface area contributed by atoms with Crippen LogP contribution in [0, 0.1) is 11.2 Å². The largest absolute Gasteiger partial charge is 0.478 e. The predicted octanol–water partition coefficient (Wildman–Crippen LogP) is 1.84. The summed E-state index contributed by atoms with van der Waals surface area (Å²) in [7, 11) is 0. The minimum atomic E-state index is -1.20. The van der Waals surface area contributed by atoms with Gasteiger partial charge >= 0.3 is 5.97 Å².